The first-order chi connectivity index (χ1) is 16.5. The van der Waals surface area contributed by atoms with E-state index in [9.17, 15) is 29.1 Å². The molecule has 35 heavy (non-hydrogen) atoms. The SMILES string of the molecule is CO/N=C(\C(=O)N[C@@H]1C(=O)N2C(C(=O)O)=C(COC(=O)NC(=O)C(Cl)(Cl)Cl)CS[C@H]12)c1ccco1. The molecule has 1 fully saturated rings. The number of carbonyl (C=O) groups excluding carboxylic acids is 4. The van der Waals surface area contributed by atoms with Crippen molar-refractivity contribution >= 4 is 82.1 Å². The van der Waals surface area contributed by atoms with Crippen LogP contribution in [-0.4, -0.2) is 80.2 Å². The molecule has 0 saturated carbocycles. The second-order valence-electron chi connectivity index (χ2n) is 6.75. The smallest absolute Gasteiger partial charge is 0.414 e. The molecule has 1 aromatic rings. The predicted octanol–water partition coefficient (Wildman–Crippen LogP) is 0.992. The summed E-state index contributed by atoms with van der Waals surface area (Å²) in [6.45, 7) is -0.565. The Labute approximate surface area is 215 Å². The monoisotopic (exact) mass is 568 g/mol. The third-order valence-electron chi connectivity index (χ3n) is 4.54. The van der Waals surface area contributed by atoms with Gasteiger partial charge in [0.1, 0.15) is 30.8 Å². The Bertz CT molecular complexity index is 1120. The zero-order valence-corrected chi connectivity index (χ0v) is 20.5. The molecule has 0 bridgehead atoms. The van der Waals surface area contributed by atoms with Gasteiger partial charge >= 0.3 is 12.1 Å². The largest absolute Gasteiger partial charge is 0.477 e. The van der Waals surface area contributed by atoms with Gasteiger partial charge in [-0.1, -0.05) is 40.0 Å². The molecule has 2 aliphatic heterocycles. The van der Waals surface area contributed by atoms with Gasteiger partial charge in [-0.2, -0.15) is 0 Å². The Morgan fingerprint density at radius 1 is 1.34 bits per heavy atom. The third-order valence-corrected chi connectivity index (χ3v) is 6.39. The lowest BCUT2D eigenvalue weighted by Crippen LogP contribution is -2.71. The lowest BCUT2D eigenvalue weighted by Gasteiger charge is -2.49. The number of amides is 4. The average molecular weight is 570 g/mol. The average Bonchev–Trinajstić information content (AvgIpc) is 3.32. The van der Waals surface area contributed by atoms with Gasteiger partial charge in [-0.05, 0) is 12.1 Å². The molecule has 2 aliphatic rings. The van der Waals surface area contributed by atoms with Crippen molar-refractivity contribution < 1.29 is 43.1 Å². The minimum Gasteiger partial charge on any atom is -0.477 e. The number of furan rings is 1. The number of oxime groups is 1. The van der Waals surface area contributed by atoms with Gasteiger partial charge in [0.05, 0.1) is 6.26 Å². The number of aliphatic carboxylic acids is 1. The van der Waals surface area contributed by atoms with Crippen LogP contribution < -0.4 is 10.6 Å². The lowest BCUT2D eigenvalue weighted by atomic mass is 10.0. The van der Waals surface area contributed by atoms with Crippen LogP contribution in [0.1, 0.15) is 5.76 Å². The Morgan fingerprint density at radius 3 is 2.63 bits per heavy atom. The number of hydrogen-bond donors (Lipinski definition) is 3. The first-order valence-corrected chi connectivity index (χ1v) is 11.5. The fraction of sp³-hybridized carbons (Fsp3) is 0.333. The van der Waals surface area contributed by atoms with Gasteiger partial charge < -0.3 is 24.4 Å². The molecular formula is C18H15Cl3N4O9S. The van der Waals surface area contributed by atoms with Crippen LogP contribution in [0.25, 0.3) is 0 Å². The highest BCUT2D eigenvalue weighted by molar-refractivity contribution is 8.00. The third kappa shape index (κ3) is 5.83. The molecule has 1 saturated heterocycles. The number of carboxylic acids is 1. The van der Waals surface area contributed by atoms with Gasteiger partial charge in [0.15, 0.2) is 5.76 Å². The van der Waals surface area contributed by atoms with Crippen LogP contribution in [0, 0.1) is 0 Å². The highest BCUT2D eigenvalue weighted by Gasteiger charge is 2.54. The summed E-state index contributed by atoms with van der Waals surface area (Å²) in [6, 6.07) is 1.94. The van der Waals surface area contributed by atoms with Crippen LogP contribution in [0.3, 0.4) is 0 Å². The van der Waals surface area contributed by atoms with Crippen LogP contribution in [-0.2, 0) is 28.8 Å². The van der Waals surface area contributed by atoms with E-state index in [1.807, 2.05) is 0 Å². The number of β-lactam (4-membered cyclic amide) rings is 1. The molecule has 0 radical (unpaired) electrons. The second kappa shape index (κ2) is 10.8. The molecule has 1 aromatic heterocycles. The molecule has 2 atom stereocenters. The number of carboxylic acid groups (broad SMARTS) is 1. The molecule has 3 heterocycles. The Hall–Kier alpha value is -2.94. The van der Waals surface area contributed by atoms with E-state index in [1.54, 1.807) is 5.32 Å². The van der Waals surface area contributed by atoms with Gasteiger partial charge in [0, 0.05) is 11.3 Å². The number of rotatable bonds is 7. The standard InChI is InChI=1S/C18H15Cl3N4O9S/c1-32-24-9(8-3-2-4-33-8)12(26)22-10-13(27)25-11(15(28)29)7(6-35-14(10)25)5-34-17(31)23-16(30)18(19,20)21/h2-4,10,14H,5-6H2,1H3,(H,22,26)(H,28,29)(H,23,30,31)/b24-9-/t10-,14-/m1/s1. The summed E-state index contributed by atoms with van der Waals surface area (Å²) < 4.78 is 7.56. The maximum absolute atomic E-state index is 12.7. The number of fused-ring (bicyclic) bond motifs is 1. The molecule has 0 spiro atoms. The molecule has 4 amide bonds. The molecule has 0 unspecified atom stereocenters. The molecule has 3 rings (SSSR count). The van der Waals surface area contributed by atoms with Crippen molar-refractivity contribution in [2.75, 3.05) is 19.5 Å². The summed E-state index contributed by atoms with van der Waals surface area (Å²) in [5.41, 5.74) is -0.560. The molecule has 0 aliphatic carbocycles. The van der Waals surface area contributed by atoms with Crippen LogP contribution in [0.4, 0.5) is 4.79 Å². The van der Waals surface area contributed by atoms with E-state index in [0.717, 1.165) is 16.7 Å². The number of alkyl carbamates (subject to hydrolysis) is 1. The number of nitrogens with zero attached hydrogens (tertiary/aromatic N) is 2. The maximum Gasteiger partial charge on any atom is 0.414 e. The molecular weight excluding hydrogens is 555 g/mol. The Morgan fingerprint density at radius 2 is 2.06 bits per heavy atom. The summed E-state index contributed by atoms with van der Waals surface area (Å²) >= 11 is 17.1. The van der Waals surface area contributed by atoms with Gasteiger partial charge in [0.2, 0.25) is 5.71 Å². The van der Waals surface area contributed by atoms with Crippen LogP contribution in [0.15, 0.2) is 39.2 Å². The van der Waals surface area contributed by atoms with E-state index in [-0.39, 0.29) is 22.8 Å². The van der Waals surface area contributed by atoms with E-state index < -0.39 is 57.3 Å². The van der Waals surface area contributed by atoms with E-state index in [1.165, 1.54) is 25.5 Å². The van der Waals surface area contributed by atoms with Crippen LogP contribution >= 0.6 is 46.6 Å². The number of nitrogens with one attached hydrogen (secondary N) is 2. The van der Waals surface area contributed by atoms with Crippen molar-refractivity contribution in [3.8, 4) is 0 Å². The van der Waals surface area contributed by atoms with Crippen molar-refractivity contribution in [3.63, 3.8) is 0 Å². The highest BCUT2D eigenvalue weighted by atomic mass is 35.6. The van der Waals surface area contributed by atoms with Crippen molar-refractivity contribution in [2.45, 2.75) is 15.2 Å². The topological polar surface area (TPSA) is 177 Å². The van der Waals surface area contributed by atoms with Crippen LogP contribution in [0.5, 0.6) is 0 Å². The molecule has 17 heteroatoms. The molecule has 3 N–H and O–H groups in total. The summed E-state index contributed by atoms with van der Waals surface area (Å²) in [5.74, 6) is -4.07. The van der Waals surface area contributed by atoms with Gasteiger partial charge in [-0.25, -0.2) is 9.59 Å². The fourth-order valence-corrected chi connectivity index (χ4v) is 4.53. The quantitative estimate of drug-likeness (QED) is 0.186. The minimum absolute atomic E-state index is 0.0331. The van der Waals surface area contributed by atoms with Crippen molar-refractivity contribution in [2.24, 2.45) is 5.16 Å². The van der Waals surface area contributed by atoms with E-state index in [0.29, 0.717) is 0 Å². The first-order valence-electron chi connectivity index (χ1n) is 9.36. The number of halogens is 3. The Balaban J connectivity index is 1.69. The number of thioether (sulfide) groups is 1. The van der Waals surface area contributed by atoms with Crippen LogP contribution in [0.2, 0.25) is 0 Å². The number of alkyl halides is 3. The highest BCUT2D eigenvalue weighted by Crippen LogP contribution is 2.40. The van der Waals surface area contributed by atoms with Crippen molar-refractivity contribution in [1.82, 2.24) is 15.5 Å². The van der Waals surface area contributed by atoms with E-state index in [2.05, 4.69) is 15.3 Å². The minimum atomic E-state index is -2.41. The lowest BCUT2D eigenvalue weighted by molar-refractivity contribution is -0.150. The van der Waals surface area contributed by atoms with Crippen molar-refractivity contribution in [3.05, 3.63) is 35.4 Å². The number of hydrogen-bond acceptors (Lipinski definition) is 10. The summed E-state index contributed by atoms with van der Waals surface area (Å²) in [6.07, 6.45) is 0.0379. The number of imide groups is 1. The van der Waals surface area contributed by atoms with Gasteiger partial charge in [0.25, 0.3) is 21.5 Å². The Kier molecular flexibility index (Phi) is 8.20. The summed E-state index contributed by atoms with van der Waals surface area (Å²) in [7, 11) is 1.23. The van der Waals surface area contributed by atoms with E-state index >= 15 is 0 Å². The van der Waals surface area contributed by atoms with Crippen molar-refractivity contribution in [1.29, 1.82) is 0 Å². The second-order valence-corrected chi connectivity index (χ2v) is 10.1. The molecule has 13 nitrogen and oxygen atoms in total. The predicted molar refractivity (Wildman–Crippen MR) is 122 cm³/mol. The maximum atomic E-state index is 12.7. The zero-order valence-electron chi connectivity index (χ0n) is 17.5. The molecule has 188 valence electrons. The number of ether oxygens (including phenoxy) is 1. The van der Waals surface area contributed by atoms with E-state index in [4.69, 9.17) is 44.0 Å². The first kappa shape index (κ1) is 26.7. The molecule has 0 aromatic carbocycles. The zero-order chi connectivity index (χ0) is 25.9. The fourth-order valence-electron chi connectivity index (χ4n) is 3.06. The number of carbonyl (C=O) groups is 5. The van der Waals surface area contributed by atoms with Gasteiger partial charge in [-0.3, -0.25) is 24.6 Å². The van der Waals surface area contributed by atoms with Gasteiger partial charge in [-0.15, -0.1) is 11.8 Å². The summed E-state index contributed by atoms with van der Waals surface area (Å²) in [5, 5.41) is 16.7. The summed E-state index contributed by atoms with van der Waals surface area (Å²) in [4.78, 5) is 66.2. The normalized spacial score (nSPS) is 19.9.